The number of hydrogen-bond acceptors (Lipinski definition) is 5. The van der Waals surface area contributed by atoms with Crippen LogP contribution in [0.4, 0.5) is 0 Å². The molecule has 3 heterocycles. The zero-order chi connectivity index (χ0) is 17.2. The van der Waals surface area contributed by atoms with Gasteiger partial charge >= 0.3 is 0 Å². The summed E-state index contributed by atoms with van der Waals surface area (Å²) in [7, 11) is 0.581. The Morgan fingerprint density at radius 1 is 1.25 bits per heavy atom. The van der Waals surface area contributed by atoms with Gasteiger partial charge in [-0.05, 0) is 38.6 Å². The quantitative estimate of drug-likeness (QED) is 0.785. The van der Waals surface area contributed by atoms with Crippen LogP contribution in [0.2, 0.25) is 0 Å². The van der Waals surface area contributed by atoms with Gasteiger partial charge in [0.1, 0.15) is 0 Å². The number of rotatable bonds is 5. The Morgan fingerprint density at radius 2 is 2.00 bits per heavy atom. The molecule has 0 aromatic carbocycles. The van der Waals surface area contributed by atoms with Gasteiger partial charge in [-0.25, -0.2) is 0 Å². The fourth-order valence-electron chi connectivity index (χ4n) is 3.33. The number of aromatic nitrogens is 1. The second-order valence-electron chi connectivity index (χ2n) is 6.62. The van der Waals surface area contributed by atoms with Gasteiger partial charge in [0.2, 0.25) is 0 Å². The molecule has 3 rings (SSSR count). The predicted octanol–water partition coefficient (Wildman–Crippen LogP) is 0.857. The van der Waals surface area contributed by atoms with Crippen molar-refractivity contribution in [2.24, 2.45) is 0 Å². The largest absolute Gasteiger partial charge is 0.379 e. The van der Waals surface area contributed by atoms with E-state index in [0.29, 0.717) is 32.8 Å². The van der Waals surface area contributed by atoms with Crippen LogP contribution < -0.4 is 0 Å². The topological polar surface area (TPSA) is 66.0 Å². The molecule has 0 saturated carbocycles. The molecule has 134 valence electrons. The van der Waals surface area contributed by atoms with E-state index in [1.54, 1.807) is 4.31 Å². The smallest absolute Gasteiger partial charge is 0.282 e. The first kappa shape index (κ1) is 17.8. The minimum atomic E-state index is -3.45. The van der Waals surface area contributed by atoms with E-state index in [-0.39, 0.29) is 6.04 Å². The molecule has 1 aromatic heterocycles. The van der Waals surface area contributed by atoms with Crippen molar-refractivity contribution in [1.29, 1.82) is 0 Å². The third-order valence-corrected chi connectivity index (χ3v) is 6.53. The van der Waals surface area contributed by atoms with E-state index in [1.165, 1.54) is 4.31 Å². The Morgan fingerprint density at radius 3 is 2.62 bits per heavy atom. The highest BCUT2D eigenvalue weighted by Gasteiger charge is 2.39. The highest BCUT2D eigenvalue weighted by molar-refractivity contribution is 7.86. The number of hydrogen-bond donors (Lipinski definition) is 0. The Labute approximate surface area is 144 Å². The highest BCUT2D eigenvalue weighted by atomic mass is 32.2. The highest BCUT2D eigenvalue weighted by Crippen LogP contribution is 2.34. The minimum Gasteiger partial charge on any atom is -0.379 e. The SMILES string of the molecule is CN(C)Cc1ccc([C@@H]2CCCN2S(=O)(=O)N2CCOCC2)nc1. The van der Waals surface area contributed by atoms with Crippen LogP contribution in [0.1, 0.15) is 30.1 Å². The Balaban J connectivity index is 1.77. The molecule has 8 heteroatoms. The van der Waals surface area contributed by atoms with Gasteiger partial charge in [0.15, 0.2) is 0 Å². The molecule has 0 N–H and O–H groups in total. The molecule has 0 unspecified atom stereocenters. The van der Waals surface area contributed by atoms with E-state index in [2.05, 4.69) is 9.88 Å². The molecular formula is C16H26N4O3S. The lowest BCUT2D eigenvalue weighted by Crippen LogP contribution is -2.48. The van der Waals surface area contributed by atoms with Gasteiger partial charge in [-0.15, -0.1) is 0 Å². The van der Waals surface area contributed by atoms with Gasteiger partial charge < -0.3 is 9.64 Å². The molecule has 7 nitrogen and oxygen atoms in total. The van der Waals surface area contributed by atoms with Crippen molar-refractivity contribution in [3.8, 4) is 0 Å². The molecule has 1 aromatic rings. The molecule has 24 heavy (non-hydrogen) atoms. The van der Waals surface area contributed by atoms with Crippen molar-refractivity contribution in [2.75, 3.05) is 46.9 Å². The van der Waals surface area contributed by atoms with Gasteiger partial charge in [0, 0.05) is 32.4 Å². The van der Waals surface area contributed by atoms with E-state index in [1.807, 2.05) is 32.4 Å². The van der Waals surface area contributed by atoms with Crippen molar-refractivity contribution >= 4 is 10.2 Å². The van der Waals surface area contributed by atoms with Crippen molar-refractivity contribution < 1.29 is 13.2 Å². The van der Waals surface area contributed by atoms with E-state index in [4.69, 9.17) is 4.74 Å². The maximum atomic E-state index is 12.9. The lowest BCUT2D eigenvalue weighted by Gasteiger charge is -2.32. The zero-order valence-electron chi connectivity index (χ0n) is 14.4. The predicted molar refractivity (Wildman–Crippen MR) is 91.6 cm³/mol. The van der Waals surface area contributed by atoms with Crippen LogP contribution in [-0.2, 0) is 21.5 Å². The second kappa shape index (κ2) is 7.45. The molecule has 2 saturated heterocycles. The molecule has 0 amide bonds. The van der Waals surface area contributed by atoms with Crippen LogP contribution in [0.5, 0.6) is 0 Å². The molecular weight excluding hydrogens is 328 g/mol. The lowest BCUT2D eigenvalue weighted by molar-refractivity contribution is 0.0698. The summed E-state index contributed by atoms with van der Waals surface area (Å²) in [5, 5.41) is 0. The third kappa shape index (κ3) is 3.78. The van der Waals surface area contributed by atoms with Gasteiger partial charge in [0.05, 0.1) is 24.9 Å². The summed E-state index contributed by atoms with van der Waals surface area (Å²) in [5.41, 5.74) is 1.97. The summed E-state index contributed by atoms with van der Waals surface area (Å²) in [5.74, 6) is 0. The summed E-state index contributed by atoms with van der Waals surface area (Å²) in [6.07, 6.45) is 3.55. The first-order valence-corrected chi connectivity index (χ1v) is 9.82. The summed E-state index contributed by atoms with van der Waals surface area (Å²) < 4.78 is 34.3. The number of pyridine rings is 1. The van der Waals surface area contributed by atoms with E-state index < -0.39 is 10.2 Å². The van der Waals surface area contributed by atoms with Crippen LogP contribution in [0.25, 0.3) is 0 Å². The summed E-state index contributed by atoms with van der Waals surface area (Å²) in [6, 6.07) is 3.85. The number of ether oxygens (including phenoxy) is 1. The van der Waals surface area contributed by atoms with Crippen LogP contribution >= 0.6 is 0 Å². The normalized spacial score (nSPS) is 23.9. The molecule has 2 fully saturated rings. The summed E-state index contributed by atoms with van der Waals surface area (Å²) in [4.78, 5) is 6.63. The Kier molecular flexibility index (Phi) is 5.51. The van der Waals surface area contributed by atoms with Crippen LogP contribution in [-0.4, -0.2) is 73.9 Å². The molecule has 1 atom stereocenters. The van der Waals surface area contributed by atoms with Gasteiger partial charge in [-0.2, -0.15) is 17.0 Å². The lowest BCUT2D eigenvalue weighted by atomic mass is 10.1. The standard InChI is InChI=1S/C16H26N4O3S/c1-18(2)13-14-5-6-15(17-12-14)16-4-3-7-20(16)24(21,22)19-8-10-23-11-9-19/h5-6,12,16H,3-4,7-11,13H2,1-2H3/t16-/m0/s1. The summed E-state index contributed by atoms with van der Waals surface area (Å²) in [6.45, 7) is 3.19. The van der Waals surface area contributed by atoms with Crippen LogP contribution in [0.3, 0.4) is 0 Å². The van der Waals surface area contributed by atoms with E-state index in [9.17, 15) is 8.42 Å². The van der Waals surface area contributed by atoms with Gasteiger partial charge in [-0.1, -0.05) is 6.07 Å². The zero-order valence-corrected chi connectivity index (χ0v) is 15.2. The molecule has 0 spiro atoms. The van der Waals surface area contributed by atoms with Crippen molar-refractivity contribution in [1.82, 2.24) is 18.5 Å². The fraction of sp³-hybridized carbons (Fsp3) is 0.688. The maximum absolute atomic E-state index is 12.9. The Bertz CT molecular complexity index is 642. The van der Waals surface area contributed by atoms with Gasteiger partial charge in [0.25, 0.3) is 10.2 Å². The number of morpholine rings is 1. The van der Waals surface area contributed by atoms with E-state index in [0.717, 1.165) is 30.6 Å². The fourth-order valence-corrected chi connectivity index (χ4v) is 5.13. The second-order valence-corrected chi connectivity index (χ2v) is 8.50. The monoisotopic (exact) mass is 354 g/mol. The van der Waals surface area contributed by atoms with Crippen LogP contribution in [0.15, 0.2) is 18.3 Å². The first-order chi connectivity index (χ1) is 11.5. The average molecular weight is 354 g/mol. The van der Waals surface area contributed by atoms with Crippen molar-refractivity contribution in [3.63, 3.8) is 0 Å². The Hall–Kier alpha value is -1.06. The molecule has 0 radical (unpaired) electrons. The summed E-state index contributed by atoms with van der Waals surface area (Å²) >= 11 is 0. The third-order valence-electron chi connectivity index (χ3n) is 4.48. The van der Waals surface area contributed by atoms with Crippen molar-refractivity contribution in [3.05, 3.63) is 29.6 Å². The average Bonchev–Trinajstić information content (AvgIpc) is 3.06. The molecule has 2 aliphatic heterocycles. The van der Waals surface area contributed by atoms with Crippen molar-refractivity contribution in [2.45, 2.75) is 25.4 Å². The molecule has 0 bridgehead atoms. The van der Waals surface area contributed by atoms with Gasteiger partial charge in [-0.3, -0.25) is 4.98 Å². The first-order valence-electron chi connectivity index (χ1n) is 8.43. The molecule has 0 aliphatic carbocycles. The van der Waals surface area contributed by atoms with E-state index >= 15 is 0 Å². The minimum absolute atomic E-state index is 0.161. The molecule has 2 aliphatic rings. The maximum Gasteiger partial charge on any atom is 0.282 e. The van der Waals surface area contributed by atoms with Crippen LogP contribution in [0, 0.1) is 0 Å². The number of nitrogens with zero attached hydrogens (tertiary/aromatic N) is 4.